The van der Waals surface area contributed by atoms with E-state index in [9.17, 15) is 13.2 Å². The van der Waals surface area contributed by atoms with Crippen molar-refractivity contribution in [3.63, 3.8) is 0 Å². The number of hydrogen-bond donors (Lipinski definition) is 1. The van der Waals surface area contributed by atoms with E-state index in [2.05, 4.69) is 15.5 Å². The molecule has 11 heteroatoms. The van der Waals surface area contributed by atoms with Gasteiger partial charge in [-0.25, -0.2) is 8.42 Å². The summed E-state index contributed by atoms with van der Waals surface area (Å²) in [5, 5.41) is 10.3. The number of carbonyl (C=O) groups excluding carboxylic acids is 1. The molecule has 10 nitrogen and oxygen atoms in total. The normalized spacial score (nSPS) is 14.8. The van der Waals surface area contributed by atoms with E-state index in [1.165, 1.54) is 35.6 Å². The van der Waals surface area contributed by atoms with Crippen LogP contribution in [0, 0.1) is 0 Å². The molecule has 4 aromatic rings. The number of ether oxygens (including phenoxy) is 2. The van der Waals surface area contributed by atoms with Gasteiger partial charge in [-0.05, 0) is 48.5 Å². The number of carbonyl (C=O) groups is 1. The molecule has 1 amide bonds. The number of nitrogens with zero attached hydrogens (tertiary/aromatic N) is 3. The third-order valence-corrected chi connectivity index (χ3v) is 7.14. The Balaban J connectivity index is 1.25. The van der Waals surface area contributed by atoms with E-state index in [1.54, 1.807) is 42.5 Å². The molecule has 5 rings (SSSR count). The molecule has 1 N–H and O–H groups in total. The van der Waals surface area contributed by atoms with Gasteiger partial charge in [-0.1, -0.05) is 35.4 Å². The number of rotatable bonds is 6. The molecule has 178 valence electrons. The Labute approximate surface area is 201 Å². The van der Waals surface area contributed by atoms with Crippen molar-refractivity contribution in [1.29, 1.82) is 0 Å². The number of anilines is 2. The van der Waals surface area contributed by atoms with Crippen LogP contribution in [-0.4, -0.2) is 38.2 Å². The number of para-hydroxylation sites is 3. The van der Waals surface area contributed by atoms with Gasteiger partial charge in [-0.3, -0.25) is 14.4 Å². The Bertz CT molecular complexity index is 1450. The van der Waals surface area contributed by atoms with Crippen molar-refractivity contribution in [1.82, 2.24) is 10.2 Å². The van der Waals surface area contributed by atoms with Crippen molar-refractivity contribution >= 4 is 27.6 Å². The smallest absolute Gasteiger partial charge is 0.322 e. The second-order valence-corrected chi connectivity index (χ2v) is 9.57. The monoisotopic (exact) mass is 492 g/mol. The van der Waals surface area contributed by atoms with Crippen LogP contribution in [0.4, 0.5) is 11.7 Å². The third kappa shape index (κ3) is 4.53. The van der Waals surface area contributed by atoms with E-state index in [4.69, 9.17) is 13.9 Å². The van der Waals surface area contributed by atoms with E-state index in [-0.39, 0.29) is 29.0 Å². The van der Waals surface area contributed by atoms with Gasteiger partial charge >= 0.3 is 6.01 Å². The zero-order valence-corrected chi connectivity index (χ0v) is 19.3. The first-order valence-corrected chi connectivity index (χ1v) is 12.0. The van der Waals surface area contributed by atoms with E-state index < -0.39 is 22.0 Å². The van der Waals surface area contributed by atoms with Crippen LogP contribution >= 0.6 is 0 Å². The van der Waals surface area contributed by atoms with Crippen LogP contribution in [0.5, 0.6) is 11.5 Å². The van der Waals surface area contributed by atoms with Crippen LogP contribution in [-0.2, 0) is 10.0 Å². The maximum atomic E-state index is 12.9. The number of sulfonamides is 1. The summed E-state index contributed by atoms with van der Waals surface area (Å²) >= 11 is 0. The predicted molar refractivity (Wildman–Crippen MR) is 126 cm³/mol. The Kier molecular flexibility index (Phi) is 5.83. The standard InChI is InChI=1S/C24H20N4O6S/c1-28(17-7-3-2-4-8-17)35(30,31)18-13-11-16(12-14-18)22(29)25-24-27-26-23(34-24)21-15-32-19-9-5-6-10-20(19)33-21/h2-14,21H,15H2,1H3,(H,25,27,29)/t21-/m1/s1. The Morgan fingerprint density at radius 1 is 0.943 bits per heavy atom. The SMILES string of the molecule is CN(c1ccccc1)S(=O)(=O)c1ccc(C(=O)Nc2nnc([C@H]3COc4ccccc4O3)o2)cc1. The zero-order valence-electron chi connectivity index (χ0n) is 18.5. The summed E-state index contributed by atoms with van der Waals surface area (Å²) in [6.45, 7) is 0.181. The van der Waals surface area contributed by atoms with Gasteiger partial charge in [0.05, 0.1) is 10.6 Å². The molecule has 3 aromatic carbocycles. The average Bonchev–Trinajstić information content (AvgIpc) is 3.37. The number of nitrogens with one attached hydrogen (secondary N) is 1. The molecular formula is C24H20N4O6S. The van der Waals surface area contributed by atoms with Crippen molar-refractivity contribution in [2.75, 3.05) is 23.3 Å². The first-order valence-electron chi connectivity index (χ1n) is 10.6. The summed E-state index contributed by atoms with van der Waals surface area (Å²) in [6.07, 6.45) is -0.617. The molecule has 0 fully saturated rings. The van der Waals surface area contributed by atoms with Crippen molar-refractivity contribution in [2.45, 2.75) is 11.0 Å². The highest BCUT2D eigenvalue weighted by Crippen LogP contribution is 2.35. The molecule has 0 bridgehead atoms. The minimum atomic E-state index is -3.79. The molecule has 1 atom stereocenters. The van der Waals surface area contributed by atoms with Crippen molar-refractivity contribution in [2.24, 2.45) is 0 Å². The topological polar surface area (TPSA) is 124 Å². The highest BCUT2D eigenvalue weighted by Gasteiger charge is 2.28. The van der Waals surface area contributed by atoms with E-state index in [1.807, 2.05) is 12.1 Å². The van der Waals surface area contributed by atoms with E-state index >= 15 is 0 Å². The molecule has 0 unspecified atom stereocenters. The molecule has 0 radical (unpaired) electrons. The van der Waals surface area contributed by atoms with Gasteiger partial charge in [0, 0.05) is 12.6 Å². The minimum absolute atomic E-state index is 0.0511. The zero-order chi connectivity index (χ0) is 24.4. The number of fused-ring (bicyclic) bond motifs is 1. The Morgan fingerprint density at radius 2 is 1.63 bits per heavy atom. The van der Waals surface area contributed by atoms with E-state index in [0.29, 0.717) is 17.2 Å². The Morgan fingerprint density at radius 3 is 2.37 bits per heavy atom. The largest absolute Gasteiger partial charge is 0.485 e. The van der Waals surface area contributed by atoms with E-state index in [0.717, 1.165) is 0 Å². The third-order valence-electron chi connectivity index (χ3n) is 5.34. The maximum Gasteiger partial charge on any atom is 0.322 e. The minimum Gasteiger partial charge on any atom is -0.485 e. The first-order chi connectivity index (χ1) is 16.9. The summed E-state index contributed by atoms with van der Waals surface area (Å²) in [5.74, 6) is 0.796. The molecular weight excluding hydrogens is 472 g/mol. The Hall–Kier alpha value is -4.38. The van der Waals surface area contributed by atoms with Gasteiger partial charge in [-0.2, -0.15) is 0 Å². The maximum absolute atomic E-state index is 12.9. The summed E-state index contributed by atoms with van der Waals surface area (Å²) < 4.78 is 44.0. The van der Waals surface area contributed by atoms with Gasteiger partial charge in [0.15, 0.2) is 11.5 Å². The number of aromatic nitrogens is 2. The first kappa shape index (κ1) is 22.4. The van der Waals surface area contributed by atoms with Crippen LogP contribution in [0.2, 0.25) is 0 Å². The summed E-state index contributed by atoms with van der Waals surface area (Å²) in [5.41, 5.74) is 0.745. The number of hydrogen-bond acceptors (Lipinski definition) is 8. The molecule has 0 aliphatic carbocycles. The van der Waals surface area contributed by atoms with Gasteiger partial charge in [0.2, 0.25) is 6.10 Å². The number of benzene rings is 3. The van der Waals surface area contributed by atoms with Crippen molar-refractivity contribution in [3.05, 3.63) is 90.3 Å². The lowest BCUT2D eigenvalue weighted by Gasteiger charge is -2.23. The molecule has 0 spiro atoms. The van der Waals surface area contributed by atoms with Crippen molar-refractivity contribution < 1.29 is 27.1 Å². The fourth-order valence-corrected chi connectivity index (χ4v) is 4.63. The van der Waals surface area contributed by atoms with Crippen LogP contribution in [0.1, 0.15) is 22.4 Å². The van der Waals surface area contributed by atoms with Crippen LogP contribution in [0.3, 0.4) is 0 Å². The summed E-state index contributed by atoms with van der Waals surface area (Å²) in [7, 11) is -2.32. The van der Waals surface area contributed by atoms with Gasteiger partial charge in [-0.15, -0.1) is 5.10 Å². The highest BCUT2D eigenvalue weighted by atomic mass is 32.2. The van der Waals surface area contributed by atoms with Crippen LogP contribution in [0.25, 0.3) is 0 Å². The molecule has 0 saturated carbocycles. The molecule has 0 saturated heterocycles. The van der Waals surface area contributed by atoms with Crippen molar-refractivity contribution in [3.8, 4) is 11.5 Å². The summed E-state index contributed by atoms with van der Waals surface area (Å²) in [6, 6.07) is 21.4. The second kappa shape index (κ2) is 9.11. The fourth-order valence-electron chi connectivity index (χ4n) is 3.44. The fraction of sp³-hybridized carbons (Fsp3) is 0.125. The van der Waals surface area contributed by atoms with Gasteiger partial charge in [0.1, 0.15) is 6.61 Å². The number of amides is 1. The lowest BCUT2D eigenvalue weighted by molar-refractivity contribution is 0.0716. The summed E-state index contributed by atoms with van der Waals surface area (Å²) in [4.78, 5) is 12.7. The molecule has 35 heavy (non-hydrogen) atoms. The molecule has 1 aliphatic heterocycles. The van der Waals surface area contributed by atoms with Gasteiger partial charge < -0.3 is 13.9 Å². The molecule has 1 aliphatic rings. The van der Waals surface area contributed by atoms with Gasteiger partial charge in [0.25, 0.3) is 21.8 Å². The lowest BCUT2D eigenvalue weighted by atomic mass is 10.2. The van der Waals surface area contributed by atoms with Crippen LogP contribution in [0.15, 0.2) is 88.2 Å². The lowest BCUT2D eigenvalue weighted by Crippen LogP contribution is -2.26. The second-order valence-electron chi connectivity index (χ2n) is 7.60. The quantitative estimate of drug-likeness (QED) is 0.433. The molecule has 2 heterocycles. The average molecular weight is 493 g/mol. The predicted octanol–water partition coefficient (Wildman–Crippen LogP) is 3.66. The highest BCUT2D eigenvalue weighted by molar-refractivity contribution is 7.92. The molecule has 1 aromatic heterocycles. The van der Waals surface area contributed by atoms with Crippen LogP contribution < -0.4 is 19.1 Å².